The van der Waals surface area contributed by atoms with E-state index in [1.807, 2.05) is 48.5 Å². The zero-order valence-corrected chi connectivity index (χ0v) is 12.5. The molecule has 3 rings (SSSR count). The van der Waals surface area contributed by atoms with E-state index in [0.717, 1.165) is 10.8 Å². The highest BCUT2D eigenvalue weighted by Gasteiger charge is 2.31. The van der Waals surface area contributed by atoms with Gasteiger partial charge in [-0.05, 0) is 28.1 Å². The van der Waals surface area contributed by atoms with E-state index in [1.54, 1.807) is 6.55 Å². The van der Waals surface area contributed by atoms with Crippen LogP contribution in [0.2, 0.25) is 6.55 Å². The molecule has 0 aliphatic heterocycles. The van der Waals surface area contributed by atoms with Gasteiger partial charge >= 0.3 is 0 Å². The van der Waals surface area contributed by atoms with Crippen LogP contribution in [-0.2, 0) is 6.04 Å². The van der Waals surface area contributed by atoms with E-state index in [1.165, 1.54) is 10.8 Å². The first-order chi connectivity index (χ1) is 9.67. The second-order valence-corrected chi connectivity index (χ2v) is 8.70. The van der Waals surface area contributed by atoms with Crippen LogP contribution < -0.4 is 5.19 Å². The first kappa shape index (κ1) is 13.1. The summed E-state index contributed by atoms with van der Waals surface area (Å²) in [5, 5.41) is 3.22. The highest BCUT2D eigenvalue weighted by Crippen LogP contribution is 2.22. The lowest BCUT2D eigenvalue weighted by Gasteiger charge is -2.19. The third kappa shape index (κ3) is 2.52. The van der Waals surface area contributed by atoms with Gasteiger partial charge in [-0.25, -0.2) is 0 Å². The van der Waals surface area contributed by atoms with Crippen LogP contribution in [0.15, 0.2) is 72.8 Å². The third-order valence-corrected chi connectivity index (χ3v) is 6.36. The van der Waals surface area contributed by atoms with Crippen molar-refractivity contribution in [2.45, 2.75) is 12.6 Å². The molecule has 1 atom stereocenters. The minimum absolute atomic E-state index is 0.526. The molecule has 0 fully saturated rings. The fraction of sp³-hybridized carbons (Fsp3) is 0.111. The summed E-state index contributed by atoms with van der Waals surface area (Å²) in [7, 11) is -2.94. The molecule has 0 N–H and O–H groups in total. The molecular formula is C18H17FSi. The van der Waals surface area contributed by atoms with Gasteiger partial charge in [-0.3, -0.25) is 0 Å². The maximum absolute atomic E-state index is 15.2. The average Bonchev–Trinajstić information content (AvgIpc) is 2.48. The zero-order valence-electron chi connectivity index (χ0n) is 11.5. The van der Waals surface area contributed by atoms with Crippen LogP contribution in [0.3, 0.4) is 0 Å². The number of benzene rings is 3. The van der Waals surface area contributed by atoms with Gasteiger partial charge in [0, 0.05) is 6.04 Å². The number of halogens is 1. The van der Waals surface area contributed by atoms with Crippen LogP contribution in [0, 0.1) is 0 Å². The standard InChI is InChI=1S/C18H17FSi/c1-20(19,17-11-3-2-4-12-17)14-16-10-7-9-15-8-5-6-13-18(15)16/h2-13H,14H2,1H3. The van der Waals surface area contributed by atoms with Gasteiger partial charge in [0.2, 0.25) is 0 Å². The van der Waals surface area contributed by atoms with E-state index in [2.05, 4.69) is 24.3 Å². The molecule has 0 heterocycles. The molecule has 0 aromatic heterocycles. The smallest absolute Gasteiger partial charge is 0.278 e. The molecule has 0 nitrogen and oxygen atoms in total. The lowest BCUT2D eigenvalue weighted by atomic mass is 10.1. The van der Waals surface area contributed by atoms with E-state index in [9.17, 15) is 0 Å². The van der Waals surface area contributed by atoms with Crippen molar-refractivity contribution < 1.29 is 4.11 Å². The Morgan fingerprint density at radius 1 is 0.800 bits per heavy atom. The highest BCUT2D eigenvalue weighted by molar-refractivity contribution is 6.84. The van der Waals surface area contributed by atoms with Crippen molar-refractivity contribution >= 4 is 24.4 Å². The second kappa shape index (κ2) is 5.21. The molecule has 100 valence electrons. The summed E-state index contributed by atoms with van der Waals surface area (Å²) in [5.74, 6) is 0. The number of hydrogen-bond donors (Lipinski definition) is 0. The quantitative estimate of drug-likeness (QED) is 0.493. The summed E-state index contributed by atoms with van der Waals surface area (Å²) in [6.45, 7) is 1.80. The van der Waals surface area contributed by atoms with Gasteiger partial charge in [-0.15, -0.1) is 0 Å². The lowest BCUT2D eigenvalue weighted by Crippen LogP contribution is -2.42. The Bertz CT molecular complexity index is 714. The molecule has 0 radical (unpaired) electrons. The molecule has 0 amide bonds. The molecule has 0 saturated heterocycles. The van der Waals surface area contributed by atoms with Crippen LogP contribution in [0.25, 0.3) is 10.8 Å². The largest absolute Gasteiger partial charge is 0.308 e. The number of hydrogen-bond acceptors (Lipinski definition) is 0. The Kier molecular flexibility index (Phi) is 3.41. The second-order valence-electron chi connectivity index (χ2n) is 5.38. The first-order valence-electron chi connectivity index (χ1n) is 6.88. The predicted molar refractivity (Wildman–Crippen MR) is 86.5 cm³/mol. The molecule has 3 aromatic carbocycles. The Hall–Kier alpha value is -1.93. The molecule has 2 heteroatoms. The fourth-order valence-electron chi connectivity index (χ4n) is 2.69. The number of rotatable bonds is 3. The molecule has 0 spiro atoms. The minimum atomic E-state index is -2.94. The molecule has 0 bridgehead atoms. The van der Waals surface area contributed by atoms with Gasteiger partial charge < -0.3 is 4.11 Å². The van der Waals surface area contributed by atoms with Gasteiger partial charge in [0.1, 0.15) is 0 Å². The van der Waals surface area contributed by atoms with Crippen molar-refractivity contribution in [3.63, 3.8) is 0 Å². The Labute approximate surface area is 120 Å². The SMILES string of the molecule is C[Si](F)(Cc1cccc2ccccc12)c1ccccc1. The van der Waals surface area contributed by atoms with Crippen molar-refractivity contribution in [1.82, 2.24) is 0 Å². The molecule has 0 aliphatic carbocycles. The molecule has 0 aliphatic rings. The Morgan fingerprint density at radius 3 is 2.25 bits per heavy atom. The van der Waals surface area contributed by atoms with Crippen molar-refractivity contribution in [2.24, 2.45) is 0 Å². The molecular weight excluding hydrogens is 263 g/mol. The molecule has 1 unspecified atom stereocenters. The van der Waals surface area contributed by atoms with Gasteiger partial charge in [-0.2, -0.15) is 0 Å². The normalized spacial score (nSPS) is 14.1. The summed E-state index contributed by atoms with van der Waals surface area (Å²) >= 11 is 0. The summed E-state index contributed by atoms with van der Waals surface area (Å²) in [5.41, 5.74) is 1.11. The Balaban J connectivity index is 2.01. The summed E-state index contributed by atoms with van der Waals surface area (Å²) in [6.07, 6.45) is 0. The maximum Gasteiger partial charge on any atom is 0.278 e. The van der Waals surface area contributed by atoms with E-state index >= 15 is 4.11 Å². The summed E-state index contributed by atoms with van der Waals surface area (Å²) in [6, 6.07) is 24.5. The molecule has 3 aromatic rings. The van der Waals surface area contributed by atoms with Crippen LogP contribution in [0.5, 0.6) is 0 Å². The fourth-order valence-corrected chi connectivity index (χ4v) is 4.81. The third-order valence-electron chi connectivity index (χ3n) is 3.78. The van der Waals surface area contributed by atoms with Crippen molar-refractivity contribution in [1.29, 1.82) is 0 Å². The van der Waals surface area contributed by atoms with Crippen LogP contribution in [-0.4, -0.2) is 8.41 Å². The van der Waals surface area contributed by atoms with Gasteiger partial charge in [-0.1, -0.05) is 72.8 Å². The maximum atomic E-state index is 15.2. The minimum Gasteiger partial charge on any atom is -0.308 e. The van der Waals surface area contributed by atoms with E-state index in [0.29, 0.717) is 6.04 Å². The summed E-state index contributed by atoms with van der Waals surface area (Å²) in [4.78, 5) is 0. The average molecular weight is 280 g/mol. The first-order valence-corrected chi connectivity index (χ1v) is 9.46. The van der Waals surface area contributed by atoms with Gasteiger partial charge in [0.25, 0.3) is 8.41 Å². The molecule has 0 saturated carbocycles. The van der Waals surface area contributed by atoms with E-state index < -0.39 is 8.41 Å². The highest BCUT2D eigenvalue weighted by atomic mass is 28.4. The topological polar surface area (TPSA) is 0 Å². The monoisotopic (exact) mass is 280 g/mol. The zero-order chi connectivity index (χ0) is 14.0. The predicted octanol–water partition coefficient (Wildman–Crippen LogP) is 4.37. The van der Waals surface area contributed by atoms with Crippen LogP contribution in [0.1, 0.15) is 5.56 Å². The number of fused-ring (bicyclic) bond motifs is 1. The van der Waals surface area contributed by atoms with E-state index in [-0.39, 0.29) is 0 Å². The van der Waals surface area contributed by atoms with Crippen molar-refractivity contribution in [2.75, 3.05) is 0 Å². The van der Waals surface area contributed by atoms with Crippen LogP contribution >= 0.6 is 0 Å². The molecule has 20 heavy (non-hydrogen) atoms. The summed E-state index contributed by atoms with van der Waals surface area (Å²) < 4.78 is 15.2. The van der Waals surface area contributed by atoms with Crippen LogP contribution in [0.4, 0.5) is 4.11 Å². The lowest BCUT2D eigenvalue weighted by molar-refractivity contribution is 0.800. The Morgan fingerprint density at radius 2 is 1.45 bits per heavy atom. The van der Waals surface area contributed by atoms with Gasteiger partial charge in [0.15, 0.2) is 0 Å². The van der Waals surface area contributed by atoms with E-state index in [4.69, 9.17) is 0 Å². The van der Waals surface area contributed by atoms with Crippen molar-refractivity contribution in [3.8, 4) is 0 Å². The van der Waals surface area contributed by atoms with Crippen molar-refractivity contribution in [3.05, 3.63) is 78.4 Å². The van der Waals surface area contributed by atoms with Gasteiger partial charge in [0.05, 0.1) is 0 Å².